The molecule has 1 heterocycles. The Bertz CT molecular complexity index is 446. The molecule has 3 rings (SSSR count). The first-order chi connectivity index (χ1) is 9.24. The molecule has 0 bridgehead atoms. The highest BCUT2D eigenvalue weighted by atomic mass is 16.5. The number of phenolic OH excluding ortho intramolecular Hbond substituents is 1. The summed E-state index contributed by atoms with van der Waals surface area (Å²) < 4.78 is 5.62. The van der Waals surface area contributed by atoms with Crippen molar-refractivity contribution in [3.05, 3.63) is 29.3 Å². The maximum atomic E-state index is 9.57. The first-order valence-electron chi connectivity index (χ1n) is 7.41. The van der Waals surface area contributed by atoms with Crippen molar-refractivity contribution >= 4 is 0 Å². The normalized spacial score (nSPS) is 30.3. The van der Waals surface area contributed by atoms with Crippen LogP contribution in [0.15, 0.2) is 18.2 Å². The fraction of sp³-hybridized carbons (Fsp3) is 0.625. The maximum absolute atomic E-state index is 9.57. The molecule has 3 atom stereocenters. The van der Waals surface area contributed by atoms with Crippen LogP contribution in [0.1, 0.15) is 43.4 Å². The lowest BCUT2D eigenvalue weighted by molar-refractivity contribution is 0.104. The highest BCUT2D eigenvalue weighted by Gasteiger charge is 2.26. The van der Waals surface area contributed by atoms with Crippen LogP contribution in [0.4, 0.5) is 0 Å². The van der Waals surface area contributed by atoms with Gasteiger partial charge in [0.1, 0.15) is 5.75 Å². The average Bonchev–Trinajstić information content (AvgIpc) is 2.81. The van der Waals surface area contributed by atoms with E-state index >= 15 is 0 Å². The van der Waals surface area contributed by atoms with Crippen molar-refractivity contribution in [3.8, 4) is 5.75 Å². The van der Waals surface area contributed by atoms with Crippen molar-refractivity contribution in [1.29, 1.82) is 0 Å². The van der Waals surface area contributed by atoms with Crippen molar-refractivity contribution in [2.24, 2.45) is 5.92 Å². The molecule has 1 aromatic rings. The Hall–Kier alpha value is -1.06. The lowest BCUT2D eigenvalue weighted by Gasteiger charge is -2.28. The summed E-state index contributed by atoms with van der Waals surface area (Å²) >= 11 is 0. The van der Waals surface area contributed by atoms with Gasteiger partial charge in [-0.05, 0) is 61.8 Å². The number of hydrogen-bond donors (Lipinski definition) is 2. The second-order valence-corrected chi connectivity index (χ2v) is 5.86. The Balaban J connectivity index is 1.66. The number of fused-ring (bicyclic) bond motifs is 1. The number of aryl methyl sites for hydroxylation is 1. The van der Waals surface area contributed by atoms with Gasteiger partial charge in [-0.25, -0.2) is 0 Å². The highest BCUT2D eigenvalue weighted by Crippen LogP contribution is 2.32. The minimum Gasteiger partial charge on any atom is -0.508 e. The molecular weight excluding hydrogens is 238 g/mol. The summed E-state index contributed by atoms with van der Waals surface area (Å²) in [5, 5.41) is 13.3. The van der Waals surface area contributed by atoms with E-state index in [4.69, 9.17) is 4.74 Å². The van der Waals surface area contributed by atoms with E-state index in [1.807, 2.05) is 6.07 Å². The molecule has 2 N–H and O–H groups in total. The van der Waals surface area contributed by atoms with Crippen LogP contribution in [0.5, 0.6) is 5.75 Å². The van der Waals surface area contributed by atoms with E-state index < -0.39 is 0 Å². The Morgan fingerprint density at radius 2 is 2.26 bits per heavy atom. The summed E-state index contributed by atoms with van der Waals surface area (Å²) in [5.41, 5.74) is 2.68. The second-order valence-electron chi connectivity index (χ2n) is 5.86. The Morgan fingerprint density at radius 1 is 1.37 bits per heavy atom. The molecule has 1 aromatic carbocycles. The quantitative estimate of drug-likeness (QED) is 0.879. The zero-order valence-corrected chi connectivity index (χ0v) is 11.6. The van der Waals surface area contributed by atoms with Gasteiger partial charge in [0.25, 0.3) is 0 Å². The van der Waals surface area contributed by atoms with Gasteiger partial charge in [-0.3, -0.25) is 0 Å². The fourth-order valence-corrected chi connectivity index (χ4v) is 3.35. The maximum Gasteiger partial charge on any atom is 0.115 e. The summed E-state index contributed by atoms with van der Waals surface area (Å²) in [6, 6.07) is 6.25. The van der Waals surface area contributed by atoms with Gasteiger partial charge in [0.05, 0.1) is 6.10 Å². The van der Waals surface area contributed by atoms with Crippen molar-refractivity contribution < 1.29 is 9.84 Å². The number of rotatable bonds is 3. The van der Waals surface area contributed by atoms with E-state index in [1.165, 1.54) is 30.4 Å². The molecule has 1 saturated heterocycles. The predicted octanol–water partition coefficient (Wildman–Crippen LogP) is 2.78. The first kappa shape index (κ1) is 12.9. The lowest BCUT2D eigenvalue weighted by atomic mass is 9.87. The van der Waals surface area contributed by atoms with Crippen LogP contribution in [0.3, 0.4) is 0 Å². The highest BCUT2D eigenvalue weighted by molar-refractivity contribution is 5.38. The van der Waals surface area contributed by atoms with Crippen LogP contribution >= 0.6 is 0 Å². The molecule has 3 nitrogen and oxygen atoms in total. The molecule has 19 heavy (non-hydrogen) atoms. The minimum absolute atomic E-state index is 0.385. The third-order valence-corrected chi connectivity index (χ3v) is 4.60. The molecule has 0 saturated carbocycles. The van der Waals surface area contributed by atoms with Gasteiger partial charge in [0.2, 0.25) is 0 Å². The van der Waals surface area contributed by atoms with Crippen molar-refractivity contribution in [2.45, 2.75) is 44.8 Å². The standard InChI is InChI=1S/C16H23NO2/c1-11-13(7-8-19-11)10-17-16-4-2-3-12-9-14(18)5-6-15(12)16/h5-6,9,11,13,16-18H,2-4,7-8,10H2,1H3. The van der Waals surface area contributed by atoms with E-state index in [2.05, 4.69) is 18.3 Å². The van der Waals surface area contributed by atoms with Gasteiger partial charge in [0.15, 0.2) is 0 Å². The molecule has 1 aliphatic carbocycles. The van der Waals surface area contributed by atoms with Crippen LogP contribution in [0, 0.1) is 5.92 Å². The summed E-state index contributed by atoms with van der Waals surface area (Å²) in [6.07, 6.45) is 5.04. The Morgan fingerprint density at radius 3 is 3.05 bits per heavy atom. The fourth-order valence-electron chi connectivity index (χ4n) is 3.35. The van der Waals surface area contributed by atoms with Crippen LogP contribution in [0.25, 0.3) is 0 Å². The molecule has 3 unspecified atom stereocenters. The van der Waals surface area contributed by atoms with E-state index in [1.54, 1.807) is 6.07 Å². The molecule has 2 aliphatic rings. The third-order valence-electron chi connectivity index (χ3n) is 4.60. The Labute approximate surface area is 115 Å². The zero-order chi connectivity index (χ0) is 13.2. The second kappa shape index (κ2) is 5.51. The van der Waals surface area contributed by atoms with Gasteiger partial charge < -0.3 is 15.2 Å². The number of aromatic hydroxyl groups is 1. The monoisotopic (exact) mass is 261 g/mol. The number of phenols is 1. The molecule has 0 spiro atoms. The predicted molar refractivity (Wildman–Crippen MR) is 75.3 cm³/mol. The van der Waals surface area contributed by atoms with E-state index in [-0.39, 0.29) is 0 Å². The van der Waals surface area contributed by atoms with Crippen molar-refractivity contribution in [1.82, 2.24) is 5.32 Å². The molecular formula is C16H23NO2. The largest absolute Gasteiger partial charge is 0.508 e. The molecule has 104 valence electrons. The van der Waals surface area contributed by atoms with E-state index in [0.29, 0.717) is 23.8 Å². The van der Waals surface area contributed by atoms with Crippen molar-refractivity contribution in [3.63, 3.8) is 0 Å². The number of benzene rings is 1. The van der Waals surface area contributed by atoms with E-state index in [9.17, 15) is 5.11 Å². The molecule has 0 aromatic heterocycles. The smallest absolute Gasteiger partial charge is 0.115 e. The third kappa shape index (κ3) is 2.77. The topological polar surface area (TPSA) is 41.5 Å². The van der Waals surface area contributed by atoms with E-state index in [0.717, 1.165) is 19.6 Å². The summed E-state index contributed by atoms with van der Waals surface area (Å²) in [5.74, 6) is 1.03. The minimum atomic E-state index is 0.385. The van der Waals surface area contributed by atoms with Gasteiger partial charge >= 0.3 is 0 Å². The van der Waals surface area contributed by atoms with Crippen LogP contribution in [0.2, 0.25) is 0 Å². The van der Waals surface area contributed by atoms with Gasteiger partial charge in [-0.1, -0.05) is 6.07 Å². The number of nitrogens with one attached hydrogen (secondary N) is 1. The van der Waals surface area contributed by atoms with Crippen LogP contribution < -0.4 is 5.32 Å². The SMILES string of the molecule is CC1OCCC1CNC1CCCc2cc(O)ccc21. The molecule has 0 radical (unpaired) electrons. The van der Waals surface area contributed by atoms with Crippen LogP contribution in [-0.2, 0) is 11.2 Å². The zero-order valence-electron chi connectivity index (χ0n) is 11.6. The van der Waals surface area contributed by atoms with Gasteiger partial charge in [0, 0.05) is 19.2 Å². The van der Waals surface area contributed by atoms with Gasteiger partial charge in [-0.15, -0.1) is 0 Å². The summed E-state index contributed by atoms with van der Waals surface area (Å²) in [6.45, 7) is 4.11. The summed E-state index contributed by atoms with van der Waals surface area (Å²) in [7, 11) is 0. The average molecular weight is 261 g/mol. The molecule has 1 fully saturated rings. The van der Waals surface area contributed by atoms with Gasteiger partial charge in [-0.2, -0.15) is 0 Å². The molecule has 3 heteroatoms. The number of ether oxygens (including phenoxy) is 1. The molecule has 0 amide bonds. The Kier molecular flexibility index (Phi) is 3.76. The first-order valence-corrected chi connectivity index (χ1v) is 7.41. The molecule has 1 aliphatic heterocycles. The van der Waals surface area contributed by atoms with Crippen molar-refractivity contribution in [2.75, 3.05) is 13.2 Å². The number of hydrogen-bond acceptors (Lipinski definition) is 3. The summed E-state index contributed by atoms with van der Waals surface area (Å²) in [4.78, 5) is 0. The lowest BCUT2D eigenvalue weighted by Crippen LogP contribution is -2.32. The van der Waals surface area contributed by atoms with Crippen LogP contribution in [-0.4, -0.2) is 24.4 Å².